The molecular formula is C21H19N5O2. The molecule has 4 heterocycles. The predicted molar refractivity (Wildman–Crippen MR) is 103 cm³/mol. The molecule has 140 valence electrons. The van der Waals surface area contributed by atoms with Gasteiger partial charge in [0.1, 0.15) is 29.0 Å². The van der Waals surface area contributed by atoms with Crippen molar-refractivity contribution in [1.29, 1.82) is 5.26 Å². The van der Waals surface area contributed by atoms with Gasteiger partial charge in [-0.25, -0.2) is 4.98 Å². The zero-order chi connectivity index (χ0) is 19.8. The maximum absolute atomic E-state index is 12.9. The topological polar surface area (TPSA) is 109 Å². The first-order valence-corrected chi connectivity index (χ1v) is 8.97. The summed E-state index contributed by atoms with van der Waals surface area (Å²) >= 11 is 0. The first-order valence-electron chi connectivity index (χ1n) is 8.97. The second-order valence-electron chi connectivity index (χ2n) is 6.85. The summed E-state index contributed by atoms with van der Waals surface area (Å²) in [5.41, 5.74) is 10.1. The molecule has 0 unspecified atom stereocenters. The van der Waals surface area contributed by atoms with Gasteiger partial charge in [0.15, 0.2) is 0 Å². The van der Waals surface area contributed by atoms with Gasteiger partial charge in [0.05, 0.1) is 11.3 Å². The molecule has 1 amide bonds. The second kappa shape index (κ2) is 6.82. The van der Waals surface area contributed by atoms with Gasteiger partial charge >= 0.3 is 0 Å². The van der Waals surface area contributed by atoms with Gasteiger partial charge in [-0.05, 0) is 37.6 Å². The standard InChI is InChI=1S/C21H19N5O2/c1-12-8-18(28-13(12)2)19-15(9-22)20(23)25-17-5-7-26(11-16(17)19)21(27)14-4-3-6-24-10-14/h3-4,6,8,10H,5,7,11H2,1-2H3,(H2,23,25). The van der Waals surface area contributed by atoms with E-state index in [4.69, 9.17) is 10.2 Å². The summed E-state index contributed by atoms with van der Waals surface area (Å²) in [5, 5.41) is 9.69. The molecule has 3 aromatic rings. The third kappa shape index (κ3) is 2.89. The average Bonchev–Trinajstić information content (AvgIpc) is 3.04. The highest BCUT2D eigenvalue weighted by atomic mass is 16.3. The Balaban J connectivity index is 1.82. The summed E-state index contributed by atoms with van der Waals surface area (Å²) in [4.78, 5) is 23.1. The smallest absolute Gasteiger partial charge is 0.255 e. The number of nitriles is 1. The molecule has 0 saturated carbocycles. The van der Waals surface area contributed by atoms with E-state index in [0.29, 0.717) is 36.4 Å². The number of rotatable bonds is 2. The molecule has 0 radical (unpaired) electrons. The van der Waals surface area contributed by atoms with Gasteiger partial charge < -0.3 is 15.1 Å². The number of furan rings is 1. The number of hydrogen-bond acceptors (Lipinski definition) is 6. The highest BCUT2D eigenvalue weighted by Gasteiger charge is 2.29. The van der Waals surface area contributed by atoms with E-state index in [1.54, 1.807) is 29.4 Å². The van der Waals surface area contributed by atoms with Crippen LogP contribution in [-0.4, -0.2) is 27.3 Å². The van der Waals surface area contributed by atoms with Crippen LogP contribution in [0.4, 0.5) is 5.82 Å². The molecule has 0 bridgehead atoms. The van der Waals surface area contributed by atoms with Crippen molar-refractivity contribution in [3.05, 3.63) is 64.3 Å². The summed E-state index contributed by atoms with van der Waals surface area (Å²) in [6.07, 6.45) is 3.75. The first-order chi connectivity index (χ1) is 13.5. The third-order valence-corrected chi connectivity index (χ3v) is 5.10. The first kappa shape index (κ1) is 17.7. The Morgan fingerprint density at radius 2 is 2.21 bits per heavy atom. The normalized spacial score (nSPS) is 13.1. The van der Waals surface area contributed by atoms with Crippen molar-refractivity contribution in [3.8, 4) is 17.4 Å². The molecule has 0 atom stereocenters. The molecule has 0 aromatic carbocycles. The van der Waals surface area contributed by atoms with Crippen LogP contribution < -0.4 is 5.73 Å². The van der Waals surface area contributed by atoms with Crippen molar-refractivity contribution < 1.29 is 9.21 Å². The SMILES string of the molecule is Cc1cc(-c2c(C#N)c(N)nc3c2CN(C(=O)c2cccnc2)CC3)oc1C. The Labute approximate surface area is 162 Å². The molecule has 0 fully saturated rings. The van der Waals surface area contributed by atoms with E-state index in [2.05, 4.69) is 16.0 Å². The Hall–Kier alpha value is -3.66. The molecule has 28 heavy (non-hydrogen) atoms. The number of pyridine rings is 2. The van der Waals surface area contributed by atoms with E-state index in [0.717, 1.165) is 22.6 Å². The van der Waals surface area contributed by atoms with Gasteiger partial charge in [0, 0.05) is 43.0 Å². The van der Waals surface area contributed by atoms with Crippen LogP contribution >= 0.6 is 0 Å². The number of carbonyl (C=O) groups is 1. The van der Waals surface area contributed by atoms with Crippen molar-refractivity contribution in [2.75, 3.05) is 12.3 Å². The number of anilines is 1. The minimum absolute atomic E-state index is 0.105. The van der Waals surface area contributed by atoms with Crippen molar-refractivity contribution in [2.45, 2.75) is 26.8 Å². The average molecular weight is 373 g/mol. The lowest BCUT2D eigenvalue weighted by atomic mass is 9.94. The molecule has 1 aliphatic heterocycles. The Bertz CT molecular complexity index is 1090. The fraction of sp³-hybridized carbons (Fsp3) is 0.238. The molecule has 3 aromatic heterocycles. The highest BCUT2D eigenvalue weighted by molar-refractivity contribution is 5.94. The molecule has 2 N–H and O–H groups in total. The van der Waals surface area contributed by atoms with Gasteiger partial charge in [-0.3, -0.25) is 9.78 Å². The fourth-order valence-corrected chi connectivity index (χ4v) is 3.51. The minimum Gasteiger partial charge on any atom is -0.461 e. The van der Waals surface area contributed by atoms with Crippen LogP contribution in [0.15, 0.2) is 35.0 Å². The lowest BCUT2D eigenvalue weighted by Crippen LogP contribution is -2.37. The second-order valence-corrected chi connectivity index (χ2v) is 6.85. The summed E-state index contributed by atoms with van der Waals surface area (Å²) in [6.45, 7) is 4.68. The highest BCUT2D eigenvalue weighted by Crippen LogP contribution is 2.37. The number of nitrogens with two attached hydrogens (primary N) is 1. The Morgan fingerprint density at radius 3 is 2.86 bits per heavy atom. The predicted octanol–water partition coefficient (Wildman–Crippen LogP) is 3.01. The Kier molecular flexibility index (Phi) is 4.32. The largest absolute Gasteiger partial charge is 0.461 e. The van der Waals surface area contributed by atoms with Crippen LogP contribution in [0.25, 0.3) is 11.3 Å². The van der Waals surface area contributed by atoms with E-state index in [9.17, 15) is 10.1 Å². The maximum atomic E-state index is 12.9. The van der Waals surface area contributed by atoms with Crippen LogP contribution in [0.5, 0.6) is 0 Å². The molecule has 7 heteroatoms. The quantitative estimate of drug-likeness (QED) is 0.739. The van der Waals surface area contributed by atoms with Gasteiger partial charge in [0.2, 0.25) is 0 Å². The lowest BCUT2D eigenvalue weighted by molar-refractivity contribution is 0.0733. The molecule has 7 nitrogen and oxygen atoms in total. The van der Waals surface area contributed by atoms with Crippen LogP contribution in [0.2, 0.25) is 0 Å². The number of hydrogen-bond donors (Lipinski definition) is 1. The number of aryl methyl sites for hydroxylation is 2. The number of nitrogen functional groups attached to an aromatic ring is 1. The van der Waals surface area contributed by atoms with Crippen molar-refractivity contribution in [1.82, 2.24) is 14.9 Å². The van der Waals surface area contributed by atoms with Crippen LogP contribution in [0, 0.1) is 25.2 Å². The molecule has 0 saturated heterocycles. The summed E-state index contributed by atoms with van der Waals surface area (Å²) in [6, 6.07) is 7.53. The maximum Gasteiger partial charge on any atom is 0.255 e. The van der Waals surface area contributed by atoms with E-state index in [1.165, 1.54) is 0 Å². The summed E-state index contributed by atoms with van der Waals surface area (Å²) in [7, 11) is 0. The number of aromatic nitrogens is 2. The monoisotopic (exact) mass is 373 g/mol. The van der Waals surface area contributed by atoms with Gasteiger partial charge in [-0.15, -0.1) is 0 Å². The van der Waals surface area contributed by atoms with E-state index >= 15 is 0 Å². The minimum atomic E-state index is -0.105. The van der Waals surface area contributed by atoms with Crippen molar-refractivity contribution in [2.24, 2.45) is 0 Å². The fourth-order valence-electron chi connectivity index (χ4n) is 3.51. The summed E-state index contributed by atoms with van der Waals surface area (Å²) < 4.78 is 5.90. The van der Waals surface area contributed by atoms with Crippen LogP contribution in [0.1, 0.15) is 38.5 Å². The van der Waals surface area contributed by atoms with Gasteiger partial charge in [-0.2, -0.15) is 5.26 Å². The van der Waals surface area contributed by atoms with Gasteiger partial charge in [0.25, 0.3) is 5.91 Å². The molecule has 0 spiro atoms. The van der Waals surface area contributed by atoms with Gasteiger partial charge in [-0.1, -0.05) is 0 Å². The summed E-state index contributed by atoms with van der Waals surface area (Å²) in [5.74, 6) is 1.44. The molecular weight excluding hydrogens is 354 g/mol. The van der Waals surface area contributed by atoms with E-state index < -0.39 is 0 Å². The van der Waals surface area contributed by atoms with E-state index in [1.807, 2.05) is 19.9 Å². The molecule has 0 aliphatic carbocycles. The number of amides is 1. The zero-order valence-electron chi connectivity index (χ0n) is 15.7. The lowest BCUT2D eigenvalue weighted by Gasteiger charge is -2.30. The number of nitrogens with zero attached hydrogens (tertiary/aromatic N) is 4. The van der Waals surface area contributed by atoms with Crippen molar-refractivity contribution in [3.63, 3.8) is 0 Å². The van der Waals surface area contributed by atoms with Crippen LogP contribution in [0.3, 0.4) is 0 Å². The van der Waals surface area contributed by atoms with Crippen molar-refractivity contribution >= 4 is 11.7 Å². The number of fused-ring (bicyclic) bond motifs is 1. The Morgan fingerprint density at radius 1 is 1.39 bits per heavy atom. The van der Waals surface area contributed by atoms with Crippen LogP contribution in [-0.2, 0) is 13.0 Å². The number of carbonyl (C=O) groups excluding carboxylic acids is 1. The molecule has 4 rings (SSSR count). The third-order valence-electron chi connectivity index (χ3n) is 5.10. The van der Waals surface area contributed by atoms with E-state index in [-0.39, 0.29) is 17.3 Å². The zero-order valence-corrected chi connectivity index (χ0v) is 15.7. The molecule has 1 aliphatic rings.